The van der Waals surface area contributed by atoms with E-state index in [1.54, 1.807) is 0 Å². The molecular formula is C20H24N3+. The lowest BCUT2D eigenvalue weighted by atomic mass is 10.1. The second kappa shape index (κ2) is 5.92. The van der Waals surface area contributed by atoms with E-state index in [0.29, 0.717) is 0 Å². The molecule has 0 saturated heterocycles. The molecule has 1 heterocycles. The zero-order chi connectivity index (χ0) is 16.6. The van der Waals surface area contributed by atoms with Gasteiger partial charge in [0, 0.05) is 62.5 Å². The Bertz CT molecular complexity index is 813. The summed E-state index contributed by atoms with van der Waals surface area (Å²) in [5.41, 5.74) is 4.89. The van der Waals surface area contributed by atoms with Gasteiger partial charge in [0.05, 0.1) is 0 Å². The first kappa shape index (κ1) is 15.3. The van der Waals surface area contributed by atoms with E-state index in [4.69, 9.17) is 0 Å². The van der Waals surface area contributed by atoms with Gasteiger partial charge in [-0.25, -0.2) is 0 Å². The van der Waals surface area contributed by atoms with Crippen LogP contribution >= 0.6 is 0 Å². The van der Waals surface area contributed by atoms with Gasteiger partial charge in [0.1, 0.15) is 0 Å². The summed E-state index contributed by atoms with van der Waals surface area (Å²) in [4.78, 5) is 4.27. The number of rotatable bonds is 4. The van der Waals surface area contributed by atoms with Crippen LogP contribution < -0.4 is 14.4 Å². The van der Waals surface area contributed by atoms with Gasteiger partial charge in [-0.1, -0.05) is 6.58 Å². The molecule has 0 aliphatic rings. The molecule has 2 aromatic carbocycles. The number of hydrogen-bond acceptors (Lipinski definition) is 2. The second-order valence-electron chi connectivity index (χ2n) is 6.32. The minimum atomic E-state index is 0.793. The van der Waals surface area contributed by atoms with Gasteiger partial charge in [-0.05, 0) is 36.4 Å². The van der Waals surface area contributed by atoms with Crippen LogP contribution in [0.4, 0.5) is 11.4 Å². The number of fused-ring (bicyclic) bond motifs is 2. The third-order valence-electron chi connectivity index (χ3n) is 4.27. The van der Waals surface area contributed by atoms with Crippen molar-refractivity contribution in [2.75, 3.05) is 38.0 Å². The highest BCUT2D eigenvalue weighted by Crippen LogP contribution is 2.25. The van der Waals surface area contributed by atoms with Gasteiger partial charge in [-0.2, -0.15) is 4.57 Å². The van der Waals surface area contributed by atoms with Crippen molar-refractivity contribution in [2.45, 2.75) is 6.54 Å². The molecule has 3 aromatic rings. The van der Waals surface area contributed by atoms with Crippen molar-refractivity contribution in [2.24, 2.45) is 0 Å². The summed E-state index contributed by atoms with van der Waals surface area (Å²) in [6.07, 6.45) is 1.96. The molecule has 0 spiro atoms. The van der Waals surface area contributed by atoms with Crippen LogP contribution in [0.2, 0.25) is 0 Å². The fourth-order valence-corrected chi connectivity index (χ4v) is 2.96. The van der Waals surface area contributed by atoms with E-state index in [9.17, 15) is 0 Å². The van der Waals surface area contributed by atoms with Crippen molar-refractivity contribution in [1.82, 2.24) is 0 Å². The van der Waals surface area contributed by atoms with E-state index < -0.39 is 0 Å². The number of anilines is 2. The summed E-state index contributed by atoms with van der Waals surface area (Å²) >= 11 is 0. The molecule has 3 rings (SSSR count). The lowest BCUT2D eigenvalue weighted by molar-refractivity contribution is -0.634. The zero-order valence-corrected chi connectivity index (χ0v) is 14.4. The van der Waals surface area contributed by atoms with Crippen molar-refractivity contribution < 1.29 is 4.57 Å². The van der Waals surface area contributed by atoms with E-state index in [2.05, 4.69) is 91.6 Å². The van der Waals surface area contributed by atoms with Gasteiger partial charge < -0.3 is 9.80 Å². The summed E-state index contributed by atoms with van der Waals surface area (Å²) in [5, 5.41) is 2.50. The smallest absolute Gasteiger partial charge is 0.215 e. The van der Waals surface area contributed by atoms with Gasteiger partial charge in [-0.15, -0.1) is 0 Å². The first-order valence-electron chi connectivity index (χ1n) is 7.87. The first-order chi connectivity index (χ1) is 11.0. The predicted molar refractivity (Wildman–Crippen MR) is 101 cm³/mol. The predicted octanol–water partition coefficient (Wildman–Crippen LogP) is 3.60. The van der Waals surface area contributed by atoms with E-state index in [-0.39, 0.29) is 0 Å². The Morgan fingerprint density at radius 1 is 0.826 bits per heavy atom. The van der Waals surface area contributed by atoms with Crippen molar-refractivity contribution >= 4 is 33.2 Å². The molecule has 0 bridgehead atoms. The Hall–Kier alpha value is -2.55. The number of allylic oxidation sites excluding steroid dienone is 1. The molecule has 0 aliphatic heterocycles. The number of hydrogen-bond donors (Lipinski definition) is 0. The fraction of sp³-hybridized carbons (Fsp3) is 0.250. The Kier molecular flexibility index (Phi) is 3.95. The van der Waals surface area contributed by atoms with Crippen LogP contribution in [0, 0.1) is 0 Å². The van der Waals surface area contributed by atoms with Gasteiger partial charge in [0.2, 0.25) is 11.0 Å². The molecule has 1 aromatic heterocycles. The van der Waals surface area contributed by atoms with E-state index >= 15 is 0 Å². The van der Waals surface area contributed by atoms with Crippen LogP contribution in [0.5, 0.6) is 0 Å². The first-order valence-corrected chi connectivity index (χ1v) is 7.87. The van der Waals surface area contributed by atoms with Crippen LogP contribution in [-0.2, 0) is 6.54 Å². The quantitative estimate of drug-likeness (QED) is 0.414. The molecule has 0 fully saturated rings. The van der Waals surface area contributed by atoms with Crippen molar-refractivity contribution in [1.29, 1.82) is 0 Å². The second-order valence-corrected chi connectivity index (χ2v) is 6.32. The molecule has 118 valence electrons. The summed E-state index contributed by atoms with van der Waals surface area (Å²) in [6, 6.07) is 15.5. The van der Waals surface area contributed by atoms with Gasteiger partial charge >= 0.3 is 0 Å². The van der Waals surface area contributed by atoms with Gasteiger partial charge in [-0.3, -0.25) is 0 Å². The average molecular weight is 306 g/mol. The molecule has 3 heteroatoms. The normalized spacial score (nSPS) is 11.0. The molecule has 3 nitrogen and oxygen atoms in total. The lowest BCUT2D eigenvalue weighted by Gasteiger charge is -2.15. The molecule has 0 aliphatic carbocycles. The van der Waals surface area contributed by atoms with Gasteiger partial charge in [0.15, 0.2) is 6.54 Å². The molecule has 0 saturated carbocycles. The molecule has 0 radical (unpaired) electrons. The maximum absolute atomic E-state index is 3.94. The minimum absolute atomic E-state index is 0.793. The van der Waals surface area contributed by atoms with E-state index in [0.717, 1.165) is 6.54 Å². The van der Waals surface area contributed by atoms with E-state index in [1.165, 1.54) is 33.2 Å². The third-order valence-corrected chi connectivity index (χ3v) is 4.27. The van der Waals surface area contributed by atoms with Crippen LogP contribution in [0.15, 0.2) is 55.1 Å². The Balaban J connectivity index is 2.38. The highest BCUT2D eigenvalue weighted by molar-refractivity contribution is 5.91. The van der Waals surface area contributed by atoms with Crippen LogP contribution in [-0.4, -0.2) is 28.2 Å². The van der Waals surface area contributed by atoms with Crippen LogP contribution in [0.3, 0.4) is 0 Å². The minimum Gasteiger partial charge on any atom is -0.377 e. The maximum atomic E-state index is 3.94. The van der Waals surface area contributed by atoms with Crippen molar-refractivity contribution in [3.63, 3.8) is 0 Å². The standard InChI is InChI=1S/C20H24N3/c1-6-11-23-19-13-17(21(2)3)9-7-15(19)12-16-8-10-18(22(4)5)14-20(16)23/h6-10,12-14H,1,11H2,2-5H3/q+1. The summed E-state index contributed by atoms with van der Waals surface area (Å²) < 4.78 is 2.34. The van der Waals surface area contributed by atoms with E-state index in [1.807, 2.05) is 6.08 Å². The molecule has 0 unspecified atom stereocenters. The third kappa shape index (κ3) is 2.74. The Labute approximate surface area is 138 Å². The number of benzene rings is 2. The van der Waals surface area contributed by atoms with Crippen molar-refractivity contribution in [3.05, 3.63) is 55.1 Å². The molecule has 0 amide bonds. The molecule has 0 atom stereocenters. The summed E-state index contributed by atoms with van der Waals surface area (Å²) in [5.74, 6) is 0. The number of pyridine rings is 1. The van der Waals surface area contributed by atoms with Gasteiger partial charge in [0.25, 0.3) is 0 Å². The monoisotopic (exact) mass is 306 g/mol. The van der Waals surface area contributed by atoms with Crippen LogP contribution in [0.25, 0.3) is 21.8 Å². The lowest BCUT2D eigenvalue weighted by Crippen LogP contribution is -2.35. The molecular weight excluding hydrogens is 282 g/mol. The van der Waals surface area contributed by atoms with Crippen LogP contribution in [0.1, 0.15) is 0 Å². The highest BCUT2D eigenvalue weighted by Gasteiger charge is 2.16. The molecule has 23 heavy (non-hydrogen) atoms. The highest BCUT2D eigenvalue weighted by atomic mass is 15.1. The number of nitrogens with zero attached hydrogens (tertiary/aromatic N) is 3. The summed E-state index contributed by atoms with van der Waals surface area (Å²) in [7, 11) is 8.29. The largest absolute Gasteiger partial charge is 0.377 e. The Morgan fingerprint density at radius 3 is 1.70 bits per heavy atom. The maximum Gasteiger partial charge on any atom is 0.215 e. The summed E-state index contributed by atoms with van der Waals surface area (Å²) in [6.45, 7) is 4.74. The SMILES string of the molecule is C=CC[n+]1c2cc(N(C)C)ccc2cc2ccc(N(C)C)cc21. The fourth-order valence-electron chi connectivity index (χ4n) is 2.96. The zero-order valence-electron chi connectivity index (χ0n) is 14.4. The molecule has 0 N–H and O–H groups in total. The topological polar surface area (TPSA) is 10.4 Å². The number of aromatic nitrogens is 1. The van der Waals surface area contributed by atoms with Crippen molar-refractivity contribution in [3.8, 4) is 0 Å². The Morgan fingerprint density at radius 2 is 1.30 bits per heavy atom. The average Bonchev–Trinajstić information content (AvgIpc) is 2.53.